The van der Waals surface area contributed by atoms with Gasteiger partial charge in [0.2, 0.25) is 0 Å². The number of carboxylic acids is 1. The Bertz CT molecular complexity index is 507. The Morgan fingerprint density at radius 3 is 2.48 bits per heavy atom. The van der Waals surface area contributed by atoms with Crippen LogP contribution in [0.3, 0.4) is 0 Å². The Kier molecular flexibility index (Phi) is 9.63. The highest BCUT2D eigenvalue weighted by Gasteiger charge is 2.28. The molecule has 0 aliphatic heterocycles. The van der Waals surface area contributed by atoms with Gasteiger partial charge in [0.05, 0.1) is 6.10 Å². The van der Waals surface area contributed by atoms with E-state index in [2.05, 4.69) is 18.8 Å². The van der Waals surface area contributed by atoms with Crippen LogP contribution < -0.4 is 5.73 Å². The number of hydrogen-bond donors (Lipinski definition) is 4. The summed E-state index contributed by atoms with van der Waals surface area (Å²) in [7, 11) is 0. The van der Waals surface area contributed by atoms with Crippen LogP contribution in [0.4, 0.5) is 0 Å². The molecule has 1 aromatic heterocycles. The van der Waals surface area contributed by atoms with Crippen LogP contribution in [0.2, 0.25) is 0 Å². The smallest absolute Gasteiger partial charge is 0.323 e. The van der Waals surface area contributed by atoms with Crippen LogP contribution in [0.5, 0.6) is 0 Å². The van der Waals surface area contributed by atoms with Crippen LogP contribution in [0, 0.1) is 0 Å². The number of aliphatic hydroxyl groups is 2. The van der Waals surface area contributed by atoms with E-state index in [1.165, 1.54) is 25.7 Å². The minimum atomic E-state index is -1.48. The van der Waals surface area contributed by atoms with Gasteiger partial charge in [0, 0.05) is 11.9 Å². The molecule has 0 radical (unpaired) electrons. The second kappa shape index (κ2) is 11.2. The second-order valence-electron chi connectivity index (χ2n) is 6.80. The summed E-state index contributed by atoms with van der Waals surface area (Å²) in [4.78, 5) is 15.2. The quantitative estimate of drug-likeness (QED) is 0.429. The largest absolute Gasteiger partial charge is 0.480 e. The first-order chi connectivity index (χ1) is 11.9. The maximum Gasteiger partial charge on any atom is 0.323 e. The van der Waals surface area contributed by atoms with Gasteiger partial charge in [-0.25, -0.2) is 0 Å². The molecule has 0 bridgehead atoms. The number of unbranched alkanes of at least 4 members (excludes halogenated alkanes) is 3. The molecule has 6 nitrogen and oxygen atoms in total. The van der Waals surface area contributed by atoms with Crippen molar-refractivity contribution in [1.82, 2.24) is 4.98 Å². The number of aliphatic hydroxyl groups excluding tert-OH is 2. The molecule has 0 spiro atoms. The van der Waals surface area contributed by atoms with E-state index >= 15 is 0 Å². The van der Waals surface area contributed by atoms with Crippen molar-refractivity contribution >= 4 is 5.97 Å². The number of hydrogen-bond acceptors (Lipinski definition) is 5. The average molecular weight is 352 g/mol. The summed E-state index contributed by atoms with van der Waals surface area (Å²) in [5.41, 5.74) is 7.33. The van der Waals surface area contributed by atoms with Gasteiger partial charge in [-0.1, -0.05) is 45.6 Å². The lowest BCUT2D eigenvalue weighted by Gasteiger charge is -2.20. The molecule has 4 atom stereocenters. The number of pyridine rings is 1. The molecule has 1 rings (SSSR count). The second-order valence-corrected chi connectivity index (χ2v) is 6.80. The lowest BCUT2D eigenvalue weighted by Crippen LogP contribution is -2.48. The number of aliphatic carboxylic acids is 1. The van der Waals surface area contributed by atoms with Gasteiger partial charge in [0.1, 0.15) is 12.1 Å². The Morgan fingerprint density at radius 2 is 1.92 bits per heavy atom. The third-order valence-electron chi connectivity index (χ3n) is 4.62. The molecular formula is C19H32N2O4. The molecule has 6 heteroatoms. The third-order valence-corrected chi connectivity index (χ3v) is 4.62. The maximum absolute atomic E-state index is 10.7. The first-order valence-electron chi connectivity index (χ1n) is 9.16. The van der Waals surface area contributed by atoms with Gasteiger partial charge < -0.3 is 21.1 Å². The first kappa shape index (κ1) is 21.5. The van der Waals surface area contributed by atoms with Gasteiger partial charge in [0.25, 0.3) is 0 Å². The Morgan fingerprint density at radius 1 is 1.20 bits per heavy atom. The standard InChI is InChI=1S/C19H32N2O4/c1-3-4-5-6-7-13(2)15-10-8-14(12-21-15)9-11-16(22)18(23)17(20)19(24)25/h8,10,12-13,16-18,22-23H,3-7,9,11,20H2,1-2H3,(H,24,25). The Hall–Kier alpha value is -1.50. The monoisotopic (exact) mass is 352 g/mol. The number of nitrogens with two attached hydrogens (primary N) is 1. The van der Waals surface area contributed by atoms with Gasteiger partial charge in [0.15, 0.2) is 0 Å². The van der Waals surface area contributed by atoms with Crippen molar-refractivity contribution in [3.05, 3.63) is 29.6 Å². The van der Waals surface area contributed by atoms with E-state index in [4.69, 9.17) is 10.8 Å². The van der Waals surface area contributed by atoms with E-state index < -0.39 is 24.2 Å². The van der Waals surface area contributed by atoms with Crippen molar-refractivity contribution < 1.29 is 20.1 Å². The molecule has 0 saturated carbocycles. The highest BCUT2D eigenvalue weighted by atomic mass is 16.4. The normalized spacial score (nSPS) is 16.2. The van der Waals surface area contributed by atoms with E-state index in [1.54, 1.807) is 6.20 Å². The number of carbonyl (C=O) groups is 1. The van der Waals surface area contributed by atoms with Crippen LogP contribution in [-0.2, 0) is 11.2 Å². The van der Waals surface area contributed by atoms with Crippen molar-refractivity contribution in [3.8, 4) is 0 Å². The van der Waals surface area contributed by atoms with Crippen LogP contribution in [0.25, 0.3) is 0 Å². The van der Waals surface area contributed by atoms with Gasteiger partial charge in [-0.15, -0.1) is 0 Å². The minimum absolute atomic E-state index is 0.232. The molecule has 4 unspecified atom stereocenters. The number of aromatic nitrogens is 1. The van der Waals surface area contributed by atoms with E-state index in [0.717, 1.165) is 17.7 Å². The van der Waals surface area contributed by atoms with E-state index in [-0.39, 0.29) is 6.42 Å². The summed E-state index contributed by atoms with van der Waals surface area (Å²) in [5.74, 6) is -0.905. The van der Waals surface area contributed by atoms with Gasteiger partial charge in [-0.2, -0.15) is 0 Å². The van der Waals surface area contributed by atoms with E-state index in [9.17, 15) is 15.0 Å². The molecular weight excluding hydrogens is 320 g/mol. The number of aryl methyl sites for hydroxylation is 1. The molecule has 0 fully saturated rings. The van der Waals surface area contributed by atoms with Gasteiger partial charge in [-0.05, 0) is 36.8 Å². The van der Waals surface area contributed by atoms with Crippen LogP contribution in [0.1, 0.15) is 69.5 Å². The third kappa shape index (κ3) is 7.50. The predicted octanol–water partition coefficient (Wildman–Crippen LogP) is 2.22. The van der Waals surface area contributed by atoms with Gasteiger partial charge in [-0.3, -0.25) is 9.78 Å². The molecule has 0 aliphatic rings. The molecule has 1 aromatic rings. The highest BCUT2D eigenvalue weighted by Crippen LogP contribution is 2.21. The SMILES string of the molecule is CCCCCCC(C)c1ccc(CCC(O)C(O)C(N)C(=O)O)cn1. The highest BCUT2D eigenvalue weighted by molar-refractivity contribution is 5.73. The van der Waals surface area contributed by atoms with Crippen molar-refractivity contribution in [2.24, 2.45) is 5.73 Å². The number of carboxylic acid groups (broad SMARTS) is 1. The van der Waals surface area contributed by atoms with E-state index in [0.29, 0.717) is 12.3 Å². The summed E-state index contributed by atoms with van der Waals surface area (Å²) in [6, 6.07) is 2.50. The molecule has 1 heterocycles. The summed E-state index contributed by atoms with van der Waals surface area (Å²) in [6.07, 6.45) is 5.98. The number of rotatable bonds is 12. The van der Waals surface area contributed by atoms with Crippen molar-refractivity contribution in [2.75, 3.05) is 0 Å². The summed E-state index contributed by atoms with van der Waals surface area (Å²) >= 11 is 0. The molecule has 0 aliphatic carbocycles. The average Bonchev–Trinajstić information content (AvgIpc) is 2.62. The van der Waals surface area contributed by atoms with Crippen LogP contribution >= 0.6 is 0 Å². The van der Waals surface area contributed by atoms with Crippen molar-refractivity contribution in [3.63, 3.8) is 0 Å². The molecule has 0 aromatic carbocycles. The molecule has 142 valence electrons. The fourth-order valence-electron chi connectivity index (χ4n) is 2.77. The Balaban J connectivity index is 2.44. The maximum atomic E-state index is 10.7. The summed E-state index contributed by atoms with van der Waals surface area (Å²) < 4.78 is 0. The topological polar surface area (TPSA) is 117 Å². The molecule has 0 amide bonds. The molecule has 25 heavy (non-hydrogen) atoms. The zero-order valence-electron chi connectivity index (χ0n) is 15.3. The van der Waals surface area contributed by atoms with Crippen LogP contribution in [0.15, 0.2) is 18.3 Å². The van der Waals surface area contributed by atoms with Crippen molar-refractivity contribution in [2.45, 2.75) is 83.0 Å². The summed E-state index contributed by atoms with van der Waals surface area (Å²) in [5, 5.41) is 28.3. The molecule has 5 N–H and O–H groups in total. The van der Waals surface area contributed by atoms with Crippen LogP contribution in [-0.4, -0.2) is 44.5 Å². The zero-order valence-corrected chi connectivity index (χ0v) is 15.3. The first-order valence-corrected chi connectivity index (χ1v) is 9.16. The lowest BCUT2D eigenvalue weighted by atomic mass is 9.97. The van der Waals surface area contributed by atoms with Gasteiger partial charge >= 0.3 is 5.97 Å². The predicted molar refractivity (Wildman–Crippen MR) is 97.4 cm³/mol. The Labute approximate surface area is 150 Å². The fourth-order valence-corrected chi connectivity index (χ4v) is 2.77. The van der Waals surface area contributed by atoms with Crippen molar-refractivity contribution in [1.29, 1.82) is 0 Å². The van der Waals surface area contributed by atoms with E-state index in [1.807, 2.05) is 12.1 Å². The fraction of sp³-hybridized carbons (Fsp3) is 0.684. The minimum Gasteiger partial charge on any atom is -0.480 e. The lowest BCUT2D eigenvalue weighted by molar-refractivity contribution is -0.143. The molecule has 0 saturated heterocycles. The number of nitrogens with zero attached hydrogens (tertiary/aromatic N) is 1. The summed E-state index contributed by atoms with van der Waals surface area (Å²) in [6.45, 7) is 4.39. The zero-order chi connectivity index (χ0) is 18.8.